The van der Waals surface area contributed by atoms with Crippen molar-refractivity contribution in [1.29, 1.82) is 0 Å². The lowest BCUT2D eigenvalue weighted by atomic mass is 9.85. The second kappa shape index (κ2) is 5.05. The Morgan fingerprint density at radius 2 is 1.33 bits per heavy atom. The maximum absolute atomic E-state index is 3.72. The van der Waals surface area contributed by atoms with Gasteiger partial charge in [-0.1, -0.05) is 6.92 Å². The maximum atomic E-state index is 3.72. The Hall–Kier alpha value is -0.820. The van der Waals surface area contributed by atoms with Gasteiger partial charge in [0, 0.05) is 6.04 Å². The number of benzene rings is 1. The molecule has 1 nitrogen and oxygen atoms in total. The Morgan fingerprint density at radius 1 is 0.889 bits per heavy atom. The normalized spacial score (nSPS) is 17.0. The van der Waals surface area contributed by atoms with Gasteiger partial charge in [-0.15, -0.1) is 0 Å². The molecule has 0 aromatic heterocycles. The highest BCUT2D eigenvalue weighted by Crippen LogP contribution is 2.44. The molecule has 1 saturated carbocycles. The summed E-state index contributed by atoms with van der Waals surface area (Å²) in [6.07, 6.45) is 2.78. The van der Waals surface area contributed by atoms with E-state index in [0.29, 0.717) is 6.04 Å². The highest BCUT2D eigenvalue weighted by molar-refractivity contribution is 5.51. The van der Waals surface area contributed by atoms with Gasteiger partial charge in [-0.3, -0.25) is 0 Å². The summed E-state index contributed by atoms with van der Waals surface area (Å²) in [5.41, 5.74) is 9.04. The number of hydrogen-bond acceptors (Lipinski definition) is 1. The Labute approximate surface area is 112 Å². The Morgan fingerprint density at radius 3 is 1.72 bits per heavy atom. The first-order valence-electron chi connectivity index (χ1n) is 7.29. The van der Waals surface area contributed by atoms with Crippen LogP contribution in [0.4, 0.5) is 0 Å². The third kappa shape index (κ3) is 2.21. The topological polar surface area (TPSA) is 12.0 Å². The molecule has 1 aliphatic carbocycles. The summed E-state index contributed by atoms with van der Waals surface area (Å²) in [5, 5.41) is 3.72. The zero-order valence-corrected chi connectivity index (χ0v) is 12.8. The maximum Gasteiger partial charge on any atom is 0.0354 e. The molecule has 0 spiro atoms. The van der Waals surface area contributed by atoms with Crippen molar-refractivity contribution in [2.75, 3.05) is 6.54 Å². The molecule has 0 radical (unpaired) electrons. The van der Waals surface area contributed by atoms with E-state index < -0.39 is 0 Å². The van der Waals surface area contributed by atoms with Crippen LogP contribution in [0.2, 0.25) is 0 Å². The molecule has 1 fully saturated rings. The molecule has 0 aliphatic heterocycles. The van der Waals surface area contributed by atoms with E-state index >= 15 is 0 Å². The fraction of sp³-hybridized carbons (Fsp3) is 0.647. The average Bonchev–Trinajstić information content (AvgIpc) is 3.17. The van der Waals surface area contributed by atoms with E-state index in [-0.39, 0.29) is 0 Å². The first kappa shape index (κ1) is 13.6. The van der Waals surface area contributed by atoms with Gasteiger partial charge in [0.1, 0.15) is 0 Å². The fourth-order valence-corrected chi connectivity index (χ4v) is 3.15. The van der Waals surface area contributed by atoms with Crippen LogP contribution in [0.25, 0.3) is 0 Å². The van der Waals surface area contributed by atoms with Crippen LogP contribution in [0, 0.1) is 40.5 Å². The van der Waals surface area contributed by atoms with Crippen LogP contribution < -0.4 is 5.32 Å². The van der Waals surface area contributed by atoms with Gasteiger partial charge in [-0.2, -0.15) is 0 Å². The molecule has 1 aromatic rings. The number of hydrogen-bond donors (Lipinski definition) is 1. The summed E-state index contributed by atoms with van der Waals surface area (Å²) >= 11 is 0. The van der Waals surface area contributed by atoms with Crippen molar-refractivity contribution >= 4 is 0 Å². The molecule has 1 heteroatoms. The van der Waals surface area contributed by atoms with Gasteiger partial charge in [-0.05, 0) is 93.3 Å². The Kier molecular flexibility index (Phi) is 3.82. The van der Waals surface area contributed by atoms with Gasteiger partial charge in [-0.25, -0.2) is 0 Å². The van der Waals surface area contributed by atoms with E-state index in [0.717, 1.165) is 12.5 Å². The third-order valence-electron chi connectivity index (χ3n) is 4.89. The van der Waals surface area contributed by atoms with Crippen molar-refractivity contribution < 1.29 is 0 Å². The summed E-state index contributed by atoms with van der Waals surface area (Å²) in [7, 11) is 0. The van der Waals surface area contributed by atoms with Gasteiger partial charge in [0.25, 0.3) is 0 Å². The van der Waals surface area contributed by atoms with E-state index in [2.05, 4.69) is 46.9 Å². The molecule has 1 aromatic carbocycles. The summed E-state index contributed by atoms with van der Waals surface area (Å²) in [6.45, 7) is 14.7. The molecule has 0 bridgehead atoms. The minimum Gasteiger partial charge on any atom is -0.310 e. The summed E-state index contributed by atoms with van der Waals surface area (Å²) in [6, 6.07) is 0.577. The highest BCUT2D eigenvalue weighted by atomic mass is 14.9. The first-order valence-corrected chi connectivity index (χ1v) is 7.29. The lowest BCUT2D eigenvalue weighted by molar-refractivity contribution is 0.491. The lowest BCUT2D eigenvalue weighted by Gasteiger charge is -2.26. The van der Waals surface area contributed by atoms with Crippen LogP contribution in [-0.2, 0) is 0 Å². The van der Waals surface area contributed by atoms with E-state index in [1.165, 1.54) is 40.7 Å². The van der Waals surface area contributed by atoms with Crippen LogP contribution in [-0.4, -0.2) is 6.54 Å². The van der Waals surface area contributed by atoms with Crippen molar-refractivity contribution in [2.45, 2.75) is 60.4 Å². The average molecular weight is 245 g/mol. The minimum absolute atomic E-state index is 0.577. The quantitative estimate of drug-likeness (QED) is 0.834. The predicted molar refractivity (Wildman–Crippen MR) is 79.3 cm³/mol. The molecule has 18 heavy (non-hydrogen) atoms. The van der Waals surface area contributed by atoms with Crippen LogP contribution in [0.3, 0.4) is 0 Å². The molecule has 2 rings (SSSR count). The third-order valence-corrected chi connectivity index (χ3v) is 4.89. The number of rotatable bonds is 4. The molecular formula is C17H27N. The molecule has 1 atom stereocenters. The van der Waals surface area contributed by atoms with Gasteiger partial charge in [0.15, 0.2) is 0 Å². The molecule has 0 saturated heterocycles. The van der Waals surface area contributed by atoms with Crippen LogP contribution in [0.15, 0.2) is 0 Å². The second-order valence-electron chi connectivity index (χ2n) is 5.91. The monoisotopic (exact) mass is 245 g/mol. The largest absolute Gasteiger partial charge is 0.310 e. The highest BCUT2D eigenvalue weighted by Gasteiger charge is 2.34. The Balaban J connectivity index is 2.54. The van der Waals surface area contributed by atoms with Crippen LogP contribution in [0.1, 0.15) is 59.2 Å². The van der Waals surface area contributed by atoms with Crippen molar-refractivity contribution in [3.63, 3.8) is 0 Å². The van der Waals surface area contributed by atoms with E-state index in [4.69, 9.17) is 0 Å². The smallest absolute Gasteiger partial charge is 0.0354 e. The minimum atomic E-state index is 0.577. The standard InChI is InChI=1S/C17H27N/c1-7-18-17(15-8-9-15)16-13(5)11(3)10(2)12(4)14(16)6/h15,17-18H,7-9H2,1-6H3. The second-order valence-corrected chi connectivity index (χ2v) is 5.91. The van der Waals surface area contributed by atoms with Crippen LogP contribution in [0.5, 0.6) is 0 Å². The summed E-state index contributed by atoms with van der Waals surface area (Å²) in [5.74, 6) is 0.865. The fourth-order valence-electron chi connectivity index (χ4n) is 3.15. The summed E-state index contributed by atoms with van der Waals surface area (Å²) < 4.78 is 0. The van der Waals surface area contributed by atoms with E-state index in [1.54, 1.807) is 5.56 Å². The van der Waals surface area contributed by atoms with E-state index in [9.17, 15) is 0 Å². The van der Waals surface area contributed by atoms with Crippen molar-refractivity contribution in [1.82, 2.24) is 5.32 Å². The zero-order valence-electron chi connectivity index (χ0n) is 12.8. The van der Waals surface area contributed by atoms with Crippen molar-refractivity contribution in [3.05, 3.63) is 33.4 Å². The van der Waals surface area contributed by atoms with Crippen molar-refractivity contribution in [3.8, 4) is 0 Å². The zero-order chi connectivity index (χ0) is 13.4. The van der Waals surface area contributed by atoms with Gasteiger partial charge in [0.05, 0.1) is 0 Å². The molecule has 1 aliphatic rings. The molecule has 100 valence electrons. The SMILES string of the molecule is CCNC(c1c(C)c(C)c(C)c(C)c1C)C1CC1. The van der Waals surface area contributed by atoms with Gasteiger partial charge < -0.3 is 5.32 Å². The molecular weight excluding hydrogens is 218 g/mol. The van der Waals surface area contributed by atoms with E-state index in [1.807, 2.05) is 0 Å². The van der Waals surface area contributed by atoms with Gasteiger partial charge in [0.2, 0.25) is 0 Å². The molecule has 0 amide bonds. The van der Waals surface area contributed by atoms with Crippen molar-refractivity contribution in [2.24, 2.45) is 5.92 Å². The summed E-state index contributed by atoms with van der Waals surface area (Å²) in [4.78, 5) is 0. The van der Waals surface area contributed by atoms with Crippen LogP contribution >= 0.6 is 0 Å². The lowest BCUT2D eigenvalue weighted by Crippen LogP contribution is -2.25. The Bertz CT molecular complexity index is 426. The number of nitrogens with one attached hydrogen (secondary N) is 1. The molecule has 1 unspecified atom stereocenters. The molecule has 1 N–H and O–H groups in total. The van der Waals surface area contributed by atoms with Gasteiger partial charge >= 0.3 is 0 Å². The predicted octanol–water partition coefficient (Wildman–Crippen LogP) is 4.29. The first-order chi connectivity index (χ1) is 8.49. The molecule has 0 heterocycles.